The molecule has 0 heterocycles. The molecular weight excluding hydrogens is 158 g/mol. The second-order valence-corrected chi connectivity index (χ2v) is 1.79. The van der Waals surface area contributed by atoms with Gasteiger partial charge in [-0.3, -0.25) is 4.79 Å². The first-order valence-electron chi connectivity index (χ1n) is 3.09. The molecule has 3 nitrogen and oxygen atoms in total. The van der Waals surface area contributed by atoms with Crippen molar-refractivity contribution in [3.63, 3.8) is 0 Å². The Bertz CT molecular complexity index is 116. The molecule has 0 rings (SSSR count). The number of ether oxygens (including phenoxy) is 2. The normalized spacial score (nSPS) is 10.2. The van der Waals surface area contributed by atoms with Crippen molar-refractivity contribution in [2.45, 2.75) is 12.8 Å². The number of rotatable bonds is 5. The van der Waals surface area contributed by atoms with Gasteiger partial charge in [0.05, 0.1) is 20.1 Å². The highest BCUT2D eigenvalue weighted by Gasteiger charge is 2.03. The Kier molecular flexibility index (Phi) is 5.64. The summed E-state index contributed by atoms with van der Waals surface area (Å²) in [5.74, 6) is -0.459. The van der Waals surface area contributed by atoms with Crippen molar-refractivity contribution in [2.24, 2.45) is 0 Å². The molecule has 0 aliphatic carbocycles. The highest BCUT2D eigenvalue weighted by Crippen LogP contribution is 1.93. The van der Waals surface area contributed by atoms with Crippen LogP contribution in [0.1, 0.15) is 6.42 Å². The summed E-state index contributed by atoms with van der Waals surface area (Å²) in [5.41, 5.74) is 0. The summed E-state index contributed by atoms with van der Waals surface area (Å²) < 4.78 is 31.5. The first-order chi connectivity index (χ1) is 5.16. The largest absolute Gasteiger partial charge is 0.469 e. The first kappa shape index (κ1) is 10.3. The van der Waals surface area contributed by atoms with Crippen LogP contribution in [0.15, 0.2) is 0 Å². The van der Waals surface area contributed by atoms with Gasteiger partial charge in [0, 0.05) is 0 Å². The van der Waals surface area contributed by atoms with Crippen molar-refractivity contribution >= 4 is 5.97 Å². The molecule has 0 bridgehead atoms. The zero-order chi connectivity index (χ0) is 8.69. The van der Waals surface area contributed by atoms with Gasteiger partial charge in [-0.2, -0.15) is 0 Å². The van der Waals surface area contributed by atoms with Gasteiger partial charge in [0.15, 0.2) is 0 Å². The molecule has 0 atom stereocenters. The van der Waals surface area contributed by atoms with Gasteiger partial charge in [0.25, 0.3) is 6.43 Å². The molecule has 0 N–H and O–H groups in total. The molecular formula is C6H10F2O3. The lowest BCUT2D eigenvalue weighted by Crippen LogP contribution is -2.09. The van der Waals surface area contributed by atoms with E-state index in [9.17, 15) is 13.6 Å². The van der Waals surface area contributed by atoms with Crippen molar-refractivity contribution in [1.82, 2.24) is 0 Å². The Morgan fingerprint density at radius 3 is 2.64 bits per heavy atom. The predicted octanol–water partition coefficient (Wildman–Crippen LogP) is 0.831. The molecule has 0 aromatic rings. The fourth-order valence-electron chi connectivity index (χ4n) is 0.430. The Morgan fingerprint density at radius 1 is 1.55 bits per heavy atom. The topological polar surface area (TPSA) is 35.5 Å². The Hall–Kier alpha value is -0.710. The maximum Gasteiger partial charge on any atom is 0.307 e. The van der Waals surface area contributed by atoms with Crippen LogP contribution in [0, 0.1) is 0 Å². The second kappa shape index (κ2) is 6.03. The Morgan fingerprint density at radius 2 is 2.18 bits per heavy atom. The van der Waals surface area contributed by atoms with Crippen LogP contribution in [0.4, 0.5) is 8.78 Å². The van der Waals surface area contributed by atoms with Crippen molar-refractivity contribution in [2.75, 3.05) is 20.3 Å². The summed E-state index contributed by atoms with van der Waals surface area (Å²) in [4.78, 5) is 10.4. The molecule has 0 saturated carbocycles. The van der Waals surface area contributed by atoms with Gasteiger partial charge in [0.1, 0.15) is 6.61 Å². The van der Waals surface area contributed by atoms with E-state index in [1.807, 2.05) is 0 Å². The smallest absolute Gasteiger partial charge is 0.307 e. The van der Waals surface area contributed by atoms with E-state index in [2.05, 4.69) is 9.47 Å². The van der Waals surface area contributed by atoms with Crippen molar-refractivity contribution < 1.29 is 23.0 Å². The van der Waals surface area contributed by atoms with E-state index in [4.69, 9.17) is 0 Å². The molecule has 0 aromatic carbocycles. The molecule has 66 valence electrons. The lowest BCUT2D eigenvalue weighted by atomic mass is 10.5. The number of hydrogen-bond acceptors (Lipinski definition) is 3. The third-order valence-electron chi connectivity index (χ3n) is 0.922. The zero-order valence-electron chi connectivity index (χ0n) is 6.18. The highest BCUT2D eigenvalue weighted by molar-refractivity contribution is 5.69. The Labute approximate surface area is 63.3 Å². The quantitative estimate of drug-likeness (QED) is 0.450. The van der Waals surface area contributed by atoms with Crippen LogP contribution in [0.2, 0.25) is 0 Å². The third-order valence-corrected chi connectivity index (χ3v) is 0.922. The SMILES string of the molecule is COC(=O)CCOCC(F)F. The maximum atomic E-state index is 11.4. The minimum Gasteiger partial charge on any atom is -0.469 e. The number of carbonyl (C=O) groups is 1. The lowest BCUT2D eigenvalue weighted by Gasteiger charge is -2.01. The molecule has 0 fully saturated rings. The number of hydrogen-bond donors (Lipinski definition) is 0. The summed E-state index contributed by atoms with van der Waals surface area (Å²) in [6.07, 6.45) is -2.46. The molecule has 0 amide bonds. The van der Waals surface area contributed by atoms with Crippen LogP contribution in [-0.4, -0.2) is 32.7 Å². The van der Waals surface area contributed by atoms with Gasteiger partial charge < -0.3 is 9.47 Å². The maximum absolute atomic E-state index is 11.4. The minimum absolute atomic E-state index is 0.0169. The van der Waals surface area contributed by atoms with E-state index < -0.39 is 19.0 Å². The van der Waals surface area contributed by atoms with Gasteiger partial charge in [-0.1, -0.05) is 0 Å². The average Bonchev–Trinajstić information content (AvgIpc) is 1.97. The molecule has 0 aromatic heterocycles. The number of methoxy groups -OCH3 is 1. The number of alkyl halides is 2. The summed E-state index contributed by atoms with van der Waals surface area (Å²) in [5, 5.41) is 0. The van der Waals surface area contributed by atoms with Gasteiger partial charge in [-0.05, 0) is 0 Å². The zero-order valence-corrected chi connectivity index (χ0v) is 6.18. The lowest BCUT2D eigenvalue weighted by molar-refractivity contribution is -0.142. The summed E-state index contributed by atoms with van der Waals surface area (Å²) >= 11 is 0. The van der Waals surface area contributed by atoms with E-state index in [0.717, 1.165) is 0 Å². The third kappa shape index (κ3) is 7.18. The number of carbonyl (C=O) groups excluding carboxylic acids is 1. The highest BCUT2D eigenvalue weighted by atomic mass is 19.3. The van der Waals surface area contributed by atoms with Gasteiger partial charge in [-0.25, -0.2) is 8.78 Å². The second-order valence-electron chi connectivity index (χ2n) is 1.79. The molecule has 0 radical (unpaired) electrons. The number of halogens is 2. The van der Waals surface area contributed by atoms with Crippen LogP contribution in [0.5, 0.6) is 0 Å². The van der Waals surface area contributed by atoms with E-state index >= 15 is 0 Å². The van der Waals surface area contributed by atoms with E-state index in [0.29, 0.717) is 0 Å². The van der Waals surface area contributed by atoms with Gasteiger partial charge >= 0.3 is 5.97 Å². The van der Waals surface area contributed by atoms with E-state index in [1.165, 1.54) is 7.11 Å². The van der Waals surface area contributed by atoms with Crippen LogP contribution in [-0.2, 0) is 14.3 Å². The standard InChI is InChI=1S/C6H10F2O3/c1-10-6(9)2-3-11-4-5(7)8/h5H,2-4H2,1H3. The molecule has 11 heavy (non-hydrogen) atoms. The summed E-state index contributed by atoms with van der Waals surface area (Å²) in [6, 6.07) is 0. The van der Waals surface area contributed by atoms with Gasteiger partial charge in [0.2, 0.25) is 0 Å². The van der Waals surface area contributed by atoms with Crippen LogP contribution >= 0.6 is 0 Å². The Balaban J connectivity index is 3.08. The molecule has 0 aliphatic heterocycles. The minimum atomic E-state index is -2.48. The van der Waals surface area contributed by atoms with Crippen molar-refractivity contribution in [3.05, 3.63) is 0 Å². The van der Waals surface area contributed by atoms with Crippen LogP contribution < -0.4 is 0 Å². The molecule has 0 saturated heterocycles. The molecule has 5 heteroatoms. The fourth-order valence-corrected chi connectivity index (χ4v) is 0.430. The monoisotopic (exact) mass is 168 g/mol. The predicted molar refractivity (Wildman–Crippen MR) is 33.5 cm³/mol. The van der Waals surface area contributed by atoms with Crippen molar-refractivity contribution in [1.29, 1.82) is 0 Å². The number of esters is 1. The van der Waals surface area contributed by atoms with Crippen LogP contribution in [0.3, 0.4) is 0 Å². The van der Waals surface area contributed by atoms with E-state index in [1.54, 1.807) is 0 Å². The average molecular weight is 168 g/mol. The van der Waals surface area contributed by atoms with E-state index in [-0.39, 0.29) is 13.0 Å². The van der Waals surface area contributed by atoms with Gasteiger partial charge in [-0.15, -0.1) is 0 Å². The molecule has 0 unspecified atom stereocenters. The summed E-state index contributed by atoms with van der Waals surface area (Å²) in [6.45, 7) is -0.645. The molecule has 0 aliphatic rings. The summed E-state index contributed by atoms with van der Waals surface area (Å²) in [7, 11) is 1.23. The fraction of sp³-hybridized carbons (Fsp3) is 0.833. The van der Waals surface area contributed by atoms with Crippen molar-refractivity contribution in [3.8, 4) is 0 Å². The first-order valence-corrected chi connectivity index (χ1v) is 3.09. The molecule has 0 spiro atoms. The van der Waals surface area contributed by atoms with Crippen LogP contribution in [0.25, 0.3) is 0 Å².